The van der Waals surface area contributed by atoms with Crippen molar-refractivity contribution in [3.63, 3.8) is 0 Å². The second-order valence-electron chi connectivity index (χ2n) is 5.64. The summed E-state index contributed by atoms with van der Waals surface area (Å²) in [6, 6.07) is 0. The fourth-order valence-corrected chi connectivity index (χ4v) is 2.90. The van der Waals surface area contributed by atoms with Crippen LogP contribution in [0, 0.1) is 0 Å². The van der Waals surface area contributed by atoms with Crippen LogP contribution in [0.1, 0.15) is 25.7 Å². The maximum absolute atomic E-state index is 10.8. The lowest BCUT2D eigenvalue weighted by Crippen LogP contribution is -2.46. The molecular formula is C14H22N6O. The summed E-state index contributed by atoms with van der Waals surface area (Å²) in [4.78, 5) is 21.7. The van der Waals surface area contributed by atoms with E-state index in [0.29, 0.717) is 0 Å². The fraction of sp³-hybridized carbons (Fsp3) is 0.714. The predicted molar refractivity (Wildman–Crippen MR) is 80.4 cm³/mol. The predicted octanol–water partition coefficient (Wildman–Crippen LogP) is 0.530. The highest BCUT2D eigenvalue weighted by Crippen LogP contribution is 2.18. The van der Waals surface area contributed by atoms with Gasteiger partial charge in [0.05, 0.1) is 6.20 Å². The number of rotatable bonds is 3. The third-order valence-corrected chi connectivity index (χ3v) is 4.21. The first-order valence-corrected chi connectivity index (χ1v) is 7.76. The first-order valence-electron chi connectivity index (χ1n) is 7.76. The van der Waals surface area contributed by atoms with Crippen molar-refractivity contribution < 1.29 is 4.79 Å². The Morgan fingerprint density at radius 3 is 2.29 bits per heavy atom. The van der Waals surface area contributed by atoms with E-state index in [0.717, 1.165) is 57.4 Å². The summed E-state index contributed by atoms with van der Waals surface area (Å²) in [5.74, 6) is 1.61. The maximum Gasteiger partial charge on any atom is 0.247 e. The van der Waals surface area contributed by atoms with Crippen molar-refractivity contribution in [2.75, 3.05) is 49.1 Å². The van der Waals surface area contributed by atoms with Crippen LogP contribution in [0.4, 0.5) is 11.8 Å². The number of aromatic nitrogens is 3. The van der Waals surface area contributed by atoms with Crippen LogP contribution in [0.3, 0.4) is 0 Å². The zero-order valence-electron chi connectivity index (χ0n) is 12.3. The Kier molecular flexibility index (Phi) is 4.47. The van der Waals surface area contributed by atoms with Gasteiger partial charge in [0.1, 0.15) is 0 Å². The molecule has 0 aromatic carbocycles. The van der Waals surface area contributed by atoms with Crippen LogP contribution >= 0.6 is 0 Å². The van der Waals surface area contributed by atoms with Gasteiger partial charge in [-0.25, -0.2) is 0 Å². The summed E-state index contributed by atoms with van der Waals surface area (Å²) in [5.41, 5.74) is 0. The molecule has 0 radical (unpaired) electrons. The van der Waals surface area contributed by atoms with E-state index >= 15 is 0 Å². The lowest BCUT2D eigenvalue weighted by Gasteiger charge is -2.33. The Labute approximate surface area is 125 Å². The minimum atomic E-state index is 0.743. The molecule has 2 fully saturated rings. The molecule has 0 bridgehead atoms. The van der Waals surface area contributed by atoms with Crippen molar-refractivity contribution in [3.8, 4) is 0 Å². The zero-order valence-corrected chi connectivity index (χ0v) is 12.3. The van der Waals surface area contributed by atoms with Crippen molar-refractivity contribution in [3.05, 3.63) is 6.20 Å². The number of amides is 1. The van der Waals surface area contributed by atoms with E-state index in [9.17, 15) is 4.79 Å². The minimum Gasteiger partial charge on any atom is -0.352 e. The maximum atomic E-state index is 10.8. The van der Waals surface area contributed by atoms with Crippen LogP contribution in [0.5, 0.6) is 0 Å². The van der Waals surface area contributed by atoms with Crippen LogP contribution in [0.15, 0.2) is 6.20 Å². The quantitative estimate of drug-likeness (QED) is 0.757. The van der Waals surface area contributed by atoms with Gasteiger partial charge in [0.2, 0.25) is 12.4 Å². The molecule has 0 unspecified atom stereocenters. The van der Waals surface area contributed by atoms with Gasteiger partial charge in [0.25, 0.3) is 0 Å². The number of nitrogens with zero attached hydrogens (tertiary/aromatic N) is 6. The fourth-order valence-electron chi connectivity index (χ4n) is 2.90. The van der Waals surface area contributed by atoms with Crippen molar-refractivity contribution in [1.82, 2.24) is 20.1 Å². The Morgan fingerprint density at radius 2 is 1.62 bits per heavy atom. The van der Waals surface area contributed by atoms with Crippen molar-refractivity contribution >= 4 is 18.2 Å². The largest absolute Gasteiger partial charge is 0.352 e. The zero-order chi connectivity index (χ0) is 14.5. The van der Waals surface area contributed by atoms with Crippen molar-refractivity contribution in [2.24, 2.45) is 0 Å². The molecule has 0 spiro atoms. The van der Waals surface area contributed by atoms with Crippen LogP contribution in [0.2, 0.25) is 0 Å². The van der Waals surface area contributed by atoms with Crippen LogP contribution < -0.4 is 9.80 Å². The van der Waals surface area contributed by atoms with Gasteiger partial charge in [-0.3, -0.25) is 4.79 Å². The minimum absolute atomic E-state index is 0.743. The molecule has 2 aliphatic heterocycles. The number of piperazine rings is 1. The first kappa shape index (κ1) is 14.0. The Balaban J connectivity index is 1.69. The third kappa shape index (κ3) is 3.40. The summed E-state index contributed by atoms with van der Waals surface area (Å²) >= 11 is 0. The average Bonchev–Trinajstić information content (AvgIpc) is 2.84. The standard InChI is InChI=1S/C14H22N6O/c21-12-18-7-9-19(10-8-18)13-11-15-17-14(16-13)20-5-3-1-2-4-6-20/h11-12H,1-10H2. The Bertz CT molecular complexity index is 466. The molecule has 1 aromatic heterocycles. The molecule has 21 heavy (non-hydrogen) atoms. The third-order valence-electron chi connectivity index (χ3n) is 4.21. The normalized spacial score (nSPS) is 20.3. The van der Waals surface area contributed by atoms with E-state index in [1.54, 1.807) is 11.1 Å². The molecule has 7 heteroatoms. The highest BCUT2D eigenvalue weighted by Gasteiger charge is 2.19. The number of anilines is 2. The highest BCUT2D eigenvalue weighted by atomic mass is 16.1. The molecule has 3 heterocycles. The van der Waals surface area contributed by atoms with E-state index < -0.39 is 0 Å². The summed E-state index contributed by atoms with van der Waals surface area (Å²) in [7, 11) is 0. The van der Waals surface area contributed by atoms with Gasteiger partial charge >= 0.3 is 0 Å². The molecule has 0 atom stereocenters. The van der Waals surface area contributed by atoms with Crippen LogP contribution in [-0.2, 0) is 4.79 Å². The second-order valence-corrected chi connectivity index (χ2v) is 5.64. The molecule has 1 aromatic rings. The number of hydrogen-bond acceptors (Lipinski definition) is 6. The monoisotopic (exact) mass is 290 g/mol. The van der Waals surface area contributed by atoms with Gasteiger partial charge in [0.15, 0.2) is 5.82 Å². The first-order chi connectivity index (χ1) is 10.4. The highest BCUT2D eigenvalue weighted by molar-refractivity contribution is 5.49. The molecule has 3 rings (SSSR count). The van der Waals surface area contributed by atoms with E-state index in [4.69, 9.17) is 0 Å². The lowest BCUT2D eigenvalue weighted by atomic mass is 10.2. The lowest BCUT2D eigenvalue weighted by molar-refractivity contribution is -0.118. The summed E-state index contributed by atoms with van der Waals surface area (Å²) < 4.78 is 0. The van der Waals surface area contributed by atoms with E-state index in [2.05, 4.69) is 25.0 Å². The molecule has 0 saturated carbocycles. The number of carbonyl (C=O) groups excluding carboxylic acids is 1. The summed E-state index contributed by atoms with van der Waals surface area (Å²) in [5, 5.41) is 8.33. The SMILES string of the molecule is O=CN1CCN(c2cnnc(N3CCCCCC3)n2)CC1. The molecule has 2 aliphatic rings. The van der Waals surface area contributed by atoms with E-state index in [-0.39, 0.29) is 0 Å². The molecular weight excluding hydrogens is 268 g/mol. The van der Waals surface area contributed by atoms with Gasteiger partial charge in [-0.2, -0.15) is 10.1 Å². The Morgan fingerprint density at radius 1 is 0.905 bits per heavy atom. The van der Waals surface area contributed by atoms with Gasteiger partial charge < -0.3 is 14.7 Å². The van der Waals surface area contributed by atoms with E-state index in [1.807, 2.05) is 0 Å². The van der Waals surface area contributed by atoms with Crippen molar-refractivity contribution in [2.45, 2.75) is 25.7 Å². The molecule has 1 amide bonds. The smallest absolute Gasteiger partial charge is 0.247 e. The topological polar surface area (TPSA) is 65.5 Å². The van der Waals surface area contributed by atoms with E-state index in [1.165, 1.54) is 25.7 Å². The van der Waals surface area contributed by atoms with Crippen LogP contribution in [-0.4, -0.2) is 65.8 Å². The average molecular weight is 290 g/mol. The summed E-state index contributed by atoms with van der Waals surface area (Å²) in [6.07, 6.45) is 7.61. The second kappa shape index (κ2) is 6.69. The summed E-state index contributed by atoms with van der Waals surface area (Å²) in [6.45, 7) is 5.13. The van der Waals surface area contributed by atoms with Gasteiger partial charge in [0, 0.05) is 39.3 Å². The molecule has 0 N–H and O–H groups in total. The Hall–Kier alpha value is -1.92. The van der Waals surface area contributed by atoms with Gasteiger partial charge in [-0.05, 0) is 12.8 Å². The van der Waals surface area contributed by atoms with Crippen molar-refractivity contribution in [1.29, 1.82) is 0 Å². The molecule has 2 saturated heterocycles. The van der Waals surface area contributed by atoms with Crippen LogP contribution in [0.25, 0.3) is 0 Å². The molecule has 0 aliphatic carbocycles. The number of carbonyl (C=O) groups is 1. The molecule has 7 nitrogen and oxygen atoms in total. The number of hydrogen-bond donors (Lipinski definition) is 0. The van der Waals surface area contributed by atoms with Gasteiger partial charge in [-0.1, -0.05) is 12.8 Å². The van der Waals surface area contributed by atoms with Gasteiger partial charge in [-0.15, -0.1) is 5.10 Å². The molecule has 114 valence electrons.